The molecule has 1 aliphatic rings. The normalized spacial score (nSPS) is 18.9. The van der Waals surface area contributed by atoms with E-state index in [1.807, 2.05) is 48.5 Å². The van der Waals surface area contributed by atoms with E-state index in [-0.39, 0.29) is 11.7 Å². The fourth-order valence-corrected chi connectivity index (χ4v) is 4.59. The highest BCUT2D eigenvalue weighted by molar-refractivity contribution is 7.89. The Hall–Kier alpha value is -1.65. The van der Waals surface area contributed by atoms with Crippen molar-refractivity contribution in [2.24, 2.45) is 0 Å². The van der Waals surface area contributed by atoms with E-state index >= 15 is 0 Å². The Bertz CT molecular complexity index is 741. The lowest BCUT2D eigenvalue weighted by Crippen LogP contribution is -2.39. The van der Waals surface area contributed by atoms with Crippen molar-refractivity contribution in [2.45, 2.75) is 25.8 Å². The van der Waals surface area contributed by atoms with E-state index in [1.54, 1.807) is 4.31 Å². The maximum Gasteiger partial charge on any atom is 0.214 e. The Morgan fingerprint density at radius 3 is 2.50 bits per heavy atom. The lowest BCUT2D eigenvalue weighted by Gasteiger charge is -2.32. The molecule has 0 N–H and O–H groups in total. The molecular formula is C18H21NO2S. The minimum Gasteiger partial charge on any atom is -0.212 e. The zero-order valence-corrected chi connectivity index (χ0v) is 13.6. The maximum absolute atomic E-state index is 12.6. The van der Waals surface area contributed by atoms with Gasteiger partial charge >= 0.3 is 0 Å². The van der Waals surface area contributed by atoms with Crippen molar-refractivity contribution >= 4 is 10.0 Å². The number of benzene rings is 2. The van der Waals surface area contributed by atoms with Crippen LogP contribution in [0, 0.1) is 0 Å². The summed E-state index contributed by atoms with van der Waals surface area (Å²) in [7, 11) is -3.22. The van der Waals surface area contributed by atoms with Crippen LogP contribution in [0.1, 0.15) is 29.5 Å². The first-order valence-electron chi connectivity index (χ1n) is 7.66. The summed E-state index contributed by atoms with van der Waals surface area (Å²) in [5.41, 5.74) is 3.47. The van der Waals surface area contributed by atoms with E-state index in [9.17, 15) is 8.42 Å². The second-order valence-electron chi connectivity index (χ2n) is 5.94. The van der Waals surface area contributed by atoms with Crippen molar-refractivity contribution in [1.82, 2.24) is 4.31 Å². The Morgan fingerprint density at radius 2 is 1.73 bits per heavy atom. The van der Waals surface area contributed by atoms with E-state index in [4.69, 9.17) is 0 Å². The number of hydrogen-bond acceptors (Lipinski definition) is 2. The van der Waals surface area contributed by atoms with Crippen molar-refractivity contribution in [3.8, 4) is 0 Å². The van der Waals surface area contributed by atoms with E-state index in [0.717, 1.165) is 11.1 Å². The maximum atomic E-state index is 12.6. The van der Waals surface area contributed by atoms with Crippen LogP contribution in [-0.4, -0.2) is 25.0 Å². The van der Waals surface area contributed by atoms with E-state index in [2.05, 4.69) is 13.0 Å². The smallest absolute Gasteiger partial charge is 0.212 e. The molecule has 2 aromatic carbocycles. The summed E-state index contributed by atoms with van der Waals surface area (Å²) in [5, 5.41) is 0. The Morgan fingerprint density at radius 1 is 1.05 bits per heavy atom. The summed E-state index contributed by atoms with van der Waals surface area (Å²) in [6.45, 7) is 3.17. The van der Waals surface area contributed by atoms with Gasteiger partial charge in [0.1, 0.15) is 0 Å². The molecule has 3 nitrogen and oxygen atoms in total. The highest BCUT2D eigenvalue weighted by Gasteiger charge is 2.29. The van der Waals surface area contributed by atoms with Crippen molar-refractivity contribution in [3.63, 3.8) is 0 Å². The lowest BCUT2D eigenvalue weighted by atomic mass is 9.92. The van der Waals surface area contributed by atoms with Crippen LogP contribution in [0.2, 0.25) is 0 Å². The Labute approximate surface area is 132 Å². The Kier molecular flexibility index (Phi) is 4.32. The molecule has 0 saturated carbocycles. The van der Waals surface area contributed by atoms with Crippen LogP contribution >= 0.6 is 0 Å². The number of rotatable bonds is 4. The molecule has 0 radical (unpaired) electrons. The number of aryl methyl sites for hydroxylation is 1. The molecule has 0 saturated heterocycles. The summed E-state index contributed by atoms with van der Waals surface area (Å²) < 4.78 is 26.9. The first-order valence-corrected chi connectivity index (χ1v) is 9.27. The highest BCUT2D eigenvalue weighted by Crippen LogP contribution is 2.29. The molecular weight excluding hydrogens is 294 g/mol. The largest absolute Gasteiger partial charge is 0.214 e. The van der Waals surface area contributed by atoms with Gasteiger partial charge in [0.2, 0.25) is 10.0 Å². The van der Waals surface area contributed by atoms with Gasteiger partial charge in [-0.1, -0.05) is 61.5 Å². The lowest BCUT2D eigenvalue weighted by molar-refractivity contribution is 0.363. The average Bonchev–Trinajstić information content (AvgIpc) is 2.54. The predicted molar refractivity (Wildman–Crippen MR) is 89.2 cm³/mol. The zero-order chi connectivity index (χ0) is 15.6. The van der Waals surface area contributed by atoms with Gasteiger partial charge in [0, 0.05) is 13.1 Å². The fourth-order valence-electron chi connectivity index (χ4n) is 3.05. The van der Waals surface area contributed by atoms with Crippen LogP contribution in [0.5, 0.6) is 0 Å². The van der Waals surface area contributed by atoms with E-state index < -0.39 is 10.0 Å². The summed E-state index contributed by atoms with van der Waals surface area (Å²) >= 11 is 0. The summed E-state index contributed by atoms with van der Waals surface area (Å²) in [4.78, 5) is 0. The zero-order valence-electron chi connectivity index (χ0n) is 12.8. The summed E-state index contributed by atoms with van der Waals surface area (Å²) in [6, 6.07) is 17.9. The topological polar surface area (TPSA) is 37.4 Å². The number of hydrogen-bond donors (Lipinski definition) is 0. The quantitative estimate of drug-likeness (QED) is 0.869. The number of sulfonamides is 1. The van der Waals surface area contributed by atoms with Crippen molar-refractivity contribution in [2.75, 3.05) is 12.3 Å². The van der Waals surface area contributed by atoms with Crippen LogP contribution in [-0.2, 0) is 23.0 Å². The highest BCUT2D eigenvalue weighted by atomic mass is 32.2. The predicted octanol–water partition coefficient (Wildman–Crippen LogP) is 3.18. The third kappa shape index (κ3) is 3.23. The monoisotopic (exact) mass is 315 g/mol. The second kappa shape index (κ2) is 6.23. The number of nitrogens with zero attached hydrogens (tertiary/aromatic N) is 1. The molecule has 0 amide bonds. The molecule has 1 atom stereocenters. The minimum absolute atomic E-state index is 0.173. The van der Waals surface area contributed by atoms with Gasteiger partial charge < -0.3 is 0 Å². The molecule has 2 aromatic rings. The molecule has 0 aliphatic carbocycles. The molecule has 3 rings (SSSR count). The van der Waals surface area contributed by atoms with E-state index in [0.29, 0.717) is 19.5 Å². The molecule has 0 aromatic heterocycles. The molecule has 0 spiro atoms. The van der Waals surface area contributed by atoms with Gasteiger partial charge in [0.15, 0.2) is 0 Å². The van der Waals surface area contributed by atoms with Crippen molar-refractivity contribution in [1.29, 1.82) is 0 Å². The van der Waals surface area contributed by atoms with Crippen LogP contribution in [0.15, 0.2) is 54.6 Å². The molecule has 1 unspecified atom stereocenters. The van der Waals surface area contributed by atoms with Gasteiger partial charge in [-0.25, -0.2) is 8.42 Å². The van der Waals surface area contributed by atoms with Crippen LogP contribution in [0.3, 0.4) is 0 Å². The SMILES string of the molecule is CC1CN(S(=O)(=O)CCc2ccccc2)Cc2ccccc21. The third-order valence-corrected chi connectivity index (χ3v) is 6.08. The van der Waals surface area contributed by atoms with Crippen molar-refractivity contribution in [3.05, 3.63) is 71.3 Å². The molecule has 0 bridgehead atoms. The van der Waals surface area contributed by atoms with Crippen LogP contribution in [0.25, 0.3) is 0 Å². The van der Waals surface area contributed by atoms with Crippen molar-refractivity contribution < 1.29 is 8.42 Å². The second-order valence-corrected chi connectivity index (χ2v) is 8.03. The van der Waals surface area contributed by atoms with Gasteiger partial charge in [-0.3, -0.25) is 0 Å². The first-order chi connectivity index (χ1) is 10.6. The minimum atomic E-state index is -3.22. The molecule has 0 fully saturated rings. The Balaban J connectivity index is 1.74. The standard InChI is InChI=1S/C18H21NO2S/c1-15-13-19(14-17-9-5-6-10-18(15)17)22(20,21)12-11-16-7-3-2-4-8-16/h2-10,15H,11-14H2,1H3. The molecule has 116 valence electrons. The summed E-state index contributed by atoms with van der Waals surface area (Å²) in [5.74, 6) is 0.419. The van der Waals surface area contributed by atoms with Gasteiger partial charge in [0.05, 0.1) is 5.75 Å². The van der Waals surface area contributed by atoms with Gasteiger partial charge in [-0.05, 0) is 29.0 Å². The molecule has 1 aliphatic heterocycles. The average molecular weight is 315 g/mol. The first kappa shape index (κ1) is 15.3. The van der Waals surface area contributed by atoms with Gasteiger partial charge in [-0.2, -0.15) is 4.31 Å². The van der Waals surface area contributed by atoms with Crippen LogP contribution < -0.4 is 0 Å². The fraction of sp³-hybridized carbons (Fsp3) is 0.333. The van der Waals surface area contributed by atoms with Crippen LogP contribution in [0.4, 0.5) is 0 Å². The molecule has 1 heterocycles. The van der Waals surface area contributed by atoms with E-state index in [1.165, 1.54) is 5.56 Å². The molecule has 4 heteroatoms. The number of fused-ring (bicyclic) bond motifs is 1. The summed E-state index contributed by atoms with van der Waals surface area (Å²) in [6.07, 6.45) is 0.565. The third-order valence-electron chi connectivity index (χ3n) is 4.30. The van der Waals surface area contributed by atoms with Gasteiger partial charge in [-0.15, -0.1) is 0 Å². The van der Waals surface area contributed by atoms with Gasteiger partial charge in [0.25, 0.3) is 0 Å². The molecule has 22 heavy (non-hydrogen) atoms.